The number of aryl methyl sites for hydroxylation is 2. The number of hydrogen-bond acceptors (Lipinski definition) is 8. The molecule has 0 radical (unpaired) electrons. The van der Waals surface area contributed by atoms with Gasteiger partial charge in [0.25, 0.3) is 0 Å². The fraction of sp³-hybridized carbons (Fsp3) is 0.393. The van der Waals surface area contributed by atoms with E-state index < -0.39 is 0 Å². The first-order chi connectivity index (χ1) is 18.0. The lowest BCUT2D eigenvalue weighted by Crippen LogP contribution is -2.32. The van der Waals surface area contributed by atoms with Crippen LogP contribution in [0, 0.1) is 13.8 Å². The molecule has 0 amide bonds. The van der Waals surface area contributed by atoms with Gasteiger partial charge in [-0.25, -0.2) is 14.6 Å². The fourth-order valence-corrected chi connectivity index (χ4v) is 4.91. The minimum absolute atomic E-state index is 0.126. The van der Waals surface area contributed by atoms with E-state index in [1.807, 2.05) is 23.0 Å². The number of fused-ring (bicyclic) bond motifs is 1. The molecule has 5 rings (SSSR count). The van der Waals surface area contributed by atoms with Crippen molar-refractivity contribution < 1.29 is 18.9 Å². The van der Waals surface area contributed by atoms with Gasteiger partial charge in [0.1, 0.15) is 12.1 Å². The van der Waals surface area contributed by atoms with Crippen LogP contribution in [0.2, 0.25) is 0 Å². The number of methoxy groups -OCH3 is 3. The van der Waals surface area contributed by atoms with Crippen molar-refractivity contribution in [2.75, 3.05) is 39.4 Å². The van der Waals surface area contributed by atoms with Crippen LogP contribution in [0.25, 0.3) is 16.7 Å². The lowest BCUT2D eigenvalue weighted by Gasteiger charge is -2.27. The predicted octanol–water partition coefficient (Wildman–Crippen LogP) is 4.64. The summed E-state index contributed by atoms with van der Waals surface area (Å²) < 4.78 is 24.6. The molecule has 4 aromatic rings. The van der Waals surface area contributed by atoms with Crippen LogP contribution in [0.15, 0.2) is 42.9 Å². The third kappa shape index (κ3) is 4.91. The maximum Gasteiger partial charge on any atom is 0.203 e. The minimum Gasteiger partial charge on any atom is -0.493 e. The highest BCUT2D eigenvalue weighted by Gasteiger charge is 2.24. The highest BCUT2D eigenvalue weighted by Crippen LogP contribution is 2.39. The maximum absolute atomic E-state index is 6.01. The monoisotopic (exact) mass is 503 g/mol. The van der Waals surface area contributed by atoms with Crippen molar-refractivity contribution in [2.45, 2.75) is 39.3 Å². The van der Waals surface area contributed by atoms with E-state index in [1.54, 1.807) is 27.7 Å². The fourth-order valence-electron chi connectivity index (χ4n) is 4.91. The van der Waals surface area contributed by atoms with E-state index in [0.29, 0.717) is 30.3 Å². The van der Waals surface area contributed by atoms with E-state index in [1.165, 1.54) is 5.56 Å². The highest BCUT2D eigenvalue weighted by molar-refractivity contribution is 5.88. The van der Waals surface area contributed by atoms with Gasteiger partial charge in [0.2, 0.25) is 5.75 Å². The van der Waals surface area contributed by atoms with Gasteiger partial charge in [-0.05, 0) is 61.6 Å². The van der Waals surface area contributed by atoms with Crippen LogP contribution >= 0.6 is 0 Å². The van der Waals surface area contributed by atoms with E-state index in [9.17, 15) is 0 Å². The number of aromatic nitrogens is 4. The Morgan fingerprint density at radius 3 is 2.49 bits per heavy atom. The Morgan fingerprint density at radius 2 is 1.81 bits per heavy atom. The summed E-state index contributed by atoms with van der Waals surface area (Å²) in [5, 5.41) is 5.61. The number of hydrogen-bond donors (Lipinski definition) is 0. The summed E-state index contributed by atoms with van der Waals surface area (Å²) in [7, 11) is 4.86. The smallest absolute Gasteiger partial charge is 0.203 e. The Labute approximate surface area is 216 Å². The number of ether oxygens (including phenoxy) is 4. The molecule has 0 bridgehead atoms. The van der Waals surface area contributed by atoms with E-state index in [-0.39, 0.29) is 6.10 Å². The van der Waals surface area contributed by atoms with Crippen LogP contribution in [0.1, 0.15) is 29.5 Å². The molecular formula is C28H33N5O4. The van der Waals surface area contributed by atoms with Gasteiger partial charge in [-0.1, -0.05) is 12.1 Å². The summed E-state index contributed by atoms with van der Waals surface area (Å²) in [6.07, 6.45) is 5.66. The zero-order chi connectivity index (χ0) is 25.9. The standard InChI is InChI=1S/C28H33N5O4/c1-18-8-9-19(2)23(11-18)33-28-22(14-31-33)27(29-17-30-28)32(16-21-7-6-10-37-21)15-20-12-24(34-3)26(36-5)25(13-20)35-4/h8-9,11-14,17,21H,6-7,10,15-16H2,1-5H3/t21-/m1/s1. The van der Waals surface area contributed by atoms with Crippen LogP contribution in [-0.2, 0) is 11.3 Å². The average molecular weight is 504 g/mol. The second kappa shape index (κ2) is 10.6. The van der Waals surface area contributed by atoms with Crippen LogP contribution in [0.5, 0.6) is 17.2 Å². The van der Waals surface area contributed by atoms with Crippen LogP contribution in [0.4, 0.5) is 5.82 Å². The summed E-state index contributed by atoms with van der Waals surface area (Å²) in [5.41, 5.74) is 5.07. The van der Waals surface area contributed by atoms with E-state index in [4.69, 9.17) is 29.0 Å². The molecule has 0 N–H and O–H groups in total. The molecule has 9 heteroatoms. The predicted molar refractivity (Wildman–Crippen MR) is 142 cm³/mol. The summed E-state index contributed by atoms with van der Waals surface area (Å²) in [6.45, 7) is 6.20. The summed E-state index contributed by atoms with van der Waals surface area (Å²) in [6, 6.07) is 10.3. The Kier molecular flexibility index (Phi) is 7.14. The van der Waals surface area contributed by atoms with Gasteiger partial charge < -0.3 is 23.8 Å². The van der Waals surface area contributed by atoms with Crippen LogP contribution in [-0.4, -0.2) is 60.3 Å². The van der Waals surface area contributed by atoms with Gasteiger partial charge in [0, 0.05) is 19.7 Å². The second-order valence-electron chi connectivity index (χ2n) is 9.33. The van der Waals surface area contributed by atoms with Gasteiger partial charge in [-0.2, -0.15) is 5.10 Å². The summed E-state index contributed by atoms with van der Waals surface area (Å²) in [5.74, 6) is 2.61. The third-order valence-corrected chi connectivity index (χ3v) is 6.78. The van der Waals surface area contributed by atoms with E-state index in [0.717, 1.165) is 53.1 Å². The molecule has 0 spiro atoms. The molecular weight excluding hydrogens is 470 g/mol. The molecule has 37 heavy (non-hydrogen) atoms. The zero-order valence-corrected chi connectivity index (χ0v) is 22.0. The lowest BCUT2D eigenvalue weighted by atomic mass is 10.1. The van der Waals surface area contributed by atoms with Gasteiger partial charge in [0.05, 0.1) is 44.7 Å². The zero-order valence-electron chi connectivity index (χ0n) is 22.0. The molecule has 1 aliphatic heterocycles. The number of benzene rings is 2. The topological polar surface area (TPSA) is 83.8 Å². The molecule has 0 aliphatic carbocycles. The third-order valence-electron chi connectivity index (χ3n) is 6.78. The molecule has 1 fully saturated rings. The largest absolute Gasteiger partial charge is 0.493 e. The number of anilines is 1. The molecule has 1 atom stereocenters. The van der Waals surface area contributed by atoms with Crippen molar-refractivity contribution in [3.8, 4) is 22.9 Å². The molecule has 0 unspecified atom stereocenters. The molecule has 2 aromatic carbocycles. The number of rotatable bonds is 9. The van der Waals surface area contributed by atoms with Gasteiger partial charge in [-0.15, -0.1) is 0 Å². The first-order valence-electron chi connectivity index (χ1n) is 12.4. The molecule has 1 aliphatic rings. The van der Waals surface area contributed by atoms with Crippen LogP contribution in [0.3, 0.4) is 0 Å². The average Bonchev–Trinajstić information content (AvgIpc) is 3.59. The first kappa shape index (κ1) is 24.8. The number of nitrogens with zero attached hydrogens (tertiary/aromatic N) is 5. The van der Waals surface area contributed by atoms with Crippen molar-refractivity contribution in [3.05, 3.63) is 59.5 Å². The Hall–Kier alpha value is -3.85. The second-order valence-corrected chi connectivity index (χ2v) is 9.33. The minimum atomic E-state index is 0.126. The molecule has 9 nitrogen and oxygen atoms in total. The van der Waals surface area contributed by atoms with Crippen molar-refractivity contribution in [1.29, 1.82) is 0 Å². The normalized spacial score (nSPS) is 15.2. The Balaban J connectivity index is 1.58. The molecule has 194 valence electrons. The van der Waals surface area contributed by atoms with E-state index in [2.05, 4.69) is 41.9 Å². The van der Waals surface area contributed by atoms with E-state index >= 15 is 0 Å². The summed E-state index contributed by atoms with van der Waals surface area (Å²) in [4.78, 5) is 11.6. The Morgan fingerprint density at radius 1 is 1.03 bits per heavy atom. The lowest BCUT2D eigenvalue weighted by molar-refractivity contribution is 0.115. The quantitative estimate of drug-likeness (QED) is 0.327. The van der Waals surface area contributed by atoms with Gasteiger partial charge in [0.15, 0.2) is 17.1 Å². The Bertz CT molecular complexity index is 1370. The maximum atomic E-state index is 6.01. The first-order valence-corrected chi connectivity index (χ1v) is 12.4. The van der Waals surface area contributed by atoms with Gasteiger partial charge in [-0.3, -0.25) is 0 Å². The van der Waals surface area contributed by atoms with Crippen LogP contribution < -0.4 is 19.1 Å². The van der Waals surface area contributed by atoms with Crippen molar-refractivity contribution in [2.24, 2.45) is 0 Å². The van der Waals surface area contributed by atoms with Crippen molar-refractivity contribution >= 4 is 16.9 Å². The van der Waals surface area contributed by atoms with Gasteiger partial charge >= 0.3 is 0 Å². The van der Waals surface area contributed by atoms with Crippen molar-refractivity contribution in [1.82, 2.24) is 19.7 Å². The van der Waals surface area contributed by atoms with Crippen molar-refractivity contribution in [3.63, 3.8) is 0 Å². The molecule has 0 saturated carbocycles. The highest BCUT2D eigenvalue weighted by atomic mass is 16.5. The summed E-state index contributed by atoms with van der Waals surface area (Å²) >= 11 is 0. The molecule has 3 heterocycles. The molecule has 2 aromatic heterocycles. The SMILES string of the molecule is COc1cc(CN(C[C@H]2CCCO2)c2ncnc3c2cnn3-c2cc(C)ccc2C)cc(OC)c1OC. The molecule has 1 saturated heterocycles.